The largest absolute Gasteiger partial charge is 0.493 e. The fourth-order valence-electron chi connectivity index (χ4n) is 3.33. The van der Waals surface area contributed by atoms with Crippen molar-refractivity contribution in [3.63, 3.8) is 0 Å². The van der Waals surface area contributed by atoms with Crippen molar-refractivity contribution >= 4 is 22.4 Å². The minimum atomic E-state index is -0.457. The first-order valence-corrected chi connectivity index (χ1v) is 11.1. The minimum Gasteiger partial charge on any atom is -0.493 e. The van der Waals surface area contributed by atoms with Gasteiger partial charge in [-0.05, 0) is 30.7 Å². The number of ether oxygens (including phenoxy) is 3. The maximum absolute atomic E-state index is 12.9. The summed E-state index contributed by atoms with van der Waals surface area (Å²) in [6.45, 7) is 3.07. The quantitative estimate of drug-likeness (QED) is 0.432. The highest BCUT2D eigenvalue weighted by Crippen LogP contribution is 2.35. The van der Waals surface area contributed by atoms with Crippen LogP contribution >= 0.6 is 11.3 Å². The van der Waals surface area contributed by atoms with Crippen LogP contribution in [0.15, 0.2) is 53.3 Å². The van der Waals surface area contributed by atoms with Gasteiger partial charge in [0.15, 0.2) is 23.4 Å². The number of para-hydroxylation sites is 3. The number of fused-ring (bicyclic) bond motifs is 2. The predicted octanol–water partition coefficient (Wildman–Crippen LogP) is 3.39. The van der Waals surface area contributed by atoms with Crippen LogP contribution in [0.25, 0.3) is 11.0 Å². The van der Waals surface area contributed by atoms with E-state index in [1.807, 2.05) is 54.6 Å². The molecule has 0 saturated carbocycles. The molecule has 0 saturated heterocycles. The van der Waals surface area contributed by atoms with Gasteiger partial charge in [-0.15, -0.1) is 5.10 Å². The van der Waals surface area contributed by atoms with Gasteiger partial charge in [-0.3, -0.25) is 4.79 Å². The summed E-state index contributed by atoms with van der Waals surface area (Å²) in [4.78, 5) is 18.0. The zero-order valence-corrected chi connectivity index (χ0v) is 17.8. The third kappa shape index (κ3) is 3.86. The van der Waals surface area contributed by atoms with Gasteiger partial charge in [0.25, 0.3) is 5.56 Å². The Morgan fingerprint density at radius 2 is 2.00 bits per heavy atom. The van der Waals surface area contributed by atoms with Crippen molar-refractivity contribution in [2.24, 2.45) is 0 Å². The summed E-state index contributed by atoms with van der Waals surface area (Å²) in [6.07, 6.45) is 3.42. The van der Waals surface area contributed by atoms with E-state index in [0.717, 1.165) is 24.2 Å². The lowest BCUT2D eigenvalue weighted by Gasteiger charge is -2.24. The van der Waals surface area contributed by atoms with Gasteiger partial charge in [0.2, 0.25) is 4.96 Å². The van der Waals surface area contributed by atoms with Crippen molar-refractivity contribution in [1.29, 1.82) is 0 Å². The van der Waals surface area contributed by atoms with Crippen LogP contribution in [0, 0.1) is 0 Å². The van der Waals surface area contributed by atoms with Crippen LogP contribution in [-0.2, 0) is 0 Å². The molecule has 0 fully saturated rings. The number of hydrogen-bond acceptors (Lipinski definition) is 7. The third-order valence-electron chi connectivity index (χ3n) is 4.96. The summed E-state index contributed by atoms with van der Waals surface area (Å²) in [5.74, 6) is 2.54. The van der Waals surface area contributed by atoms with Crippen molar-refractivity contribution in [1.82, 2.24) is 14.6 Å². The van der Waals surface area contributed by atoms with Crippen LogP contribution in [-0.4, -0.2) is 27.8 Å². The van der Waals surface area contributed by atoms with Crippen molar-refractivity contribution in [3.05, 3.63) is 74.8 Å². The summed E-state index contributed by atoms with van der Waals surface area (Å²) in [6, 6.07) is 15.2. The van der Waals surface area contributed by atoms with Crippen molar-refractivity contribution < 1.29 is 14.2 Å². The maximum atomic E-state index is 12.9. The molecule has 0 amide bonds. The zero-order chi connectivity index (χ0) is 21.2. The molecule has 5 rings (SSSR count). The molecular weight excluding hydrogens is 414 g/mol. The van der Waals surface area contributed by atoms with E-state index in [4.69, 9.17) is 14.2 Å². The Morgan fingerprint density at radius 1 is 1.19 bits per heavy atom. The van der Waals surface area contributed by atoms with Gasteiger partial charge < -0.3 is 14.2 Å². The van der Waals surface area contributed by atoms with Crippen molar-refractivity contribution in [2.45, 2.75) is 25.9 Å². The number of thiazole rings is 1. The molecule has 0 bridgehead atoms. The van der Waals surface area contributed by atoms with Gasteiger partial charge in [0.1, 0.15) is 12.4 Å². The van der Waals surface area contributed by atoms with E-state index in [-0.39, 0.29) is 5.56 Å². The summed E-state index contributed by atoms with van der Waals surface area (Å²) >= 11 is 1.30. The molecule has 1 aliphatic heterocycles. The molecule has 4 aromatic rings. The molecule has 1 aliphatic rings. The Bertz CT molecular complexity index is 1330. The van der Waals surface area contributed by atoms with Gasteiger partial charge in [0.05, 0.1) is 11.1 Å². The van der Waals surface area contributed by atoms with Crippen LogP contribution in [0.1, 0.15) is 37.3 Å². The Kier molecular flexibility index (Phi) is 5.30. The highest BCUT2D eigenvalue weighted by atomic mass is 32.1. The average molecular weight is 436 g/mol. The first kappa shape index (κ1) is 19.6. The molecule has 0 aliphatic carbocycles. The van der Waals surface area contributed by atoms with E-state index in [1.54, 1.807) is 0 Å². The van der Waals surface area contributed by atoms with Crippen LogP contribution in [0.3, 0.4) is 0 Å². The van der Waals surface area contributed by atoms with E-state index in [2.05, 4.69) is 17.0 Å². The SMILES string of the molecule is CCCCOc1ccccc1/C=c1\sc2nc(C3COc4ccccc4O3)nn2c1=O. The lowest BCUT2D eigenvalue weighted by Crippen LogP contribution is -2.26. The maximum Gasteiger partial charge on any atom is 0.291 e. The Morgan fingerprint density at radius 3 is 2.84 bits per heavy atom. The summed E-state index contributed by atoms with van der Waals surface area (Å²) in [7, 11) is 0. The van der Waals surface area contributed by atoms with Crippen LogP contribution in [0.4, 0.5) is 0 Å². The molecule has 2 aromatic carbocycles. The first-order chi connectivity index (χ1) is 15.2. The fourth-order valence-corrected chi connectivity index (χ4v) is 4.24. The monoisotopic (exact) mass is 435 g/mol. The number of unbranched alkanes of at least 4 members (excludes halogenated alkanes) is 1. The number of aromatic nitrogens is 3. The molecule has 0 radical (unpaired) electrons. The second-order valence-electron chi connectivity index (χ2n) is 7.18. The standard InChI is InChI=1S/C23H21N3O4S/c1-2-3-12-28-16-9-5-4-8-15(16)13-20-22(27)26-23(31-20)24-21(25-26)19-14-29-17-10-6-7-11-18(17)30-19/h4-11,13,19H,2-3,12,14H2,1H3/b20-13-. The topological polar surface area (TPSA) is 74.9 Å². The normalized spacial score (nSPS) is 16.0. The molecule has 158 valence electrons. The number of rotatable bonds is 6. The van der Waals surface area contributed by atoms with E-state index < -0.39 is 6.10 Å². The number of nitrogens with zero attached hydrogens (tertiary/aromatic N) is 3. The van der Waals surface area contributed by atoms with Gasteiger partial charge in [-0.1, -0.05) is 55.0 Å². The predicted molar refractivity (Wildman–Crippen MR) is 118 cm³/mol. The Labute approximate surface area is 182 Å². The lowest BCUT2D eigenvalue weighted by atomic mass is 10.2. The molecule has 3 heterocycles. The molecule has 2 aromatic heterocycles. The van der Waals surface area contributed by atoms with Crippen LogP contribution in [0.5, 0.6) is 17.2 Å². The molecule has 7 nitrogen and oxygen atoms in total. The number of hydrogen-bond donors (Lipinski definition) is 0. The molecular formula is C23H21N3O4S. The first-order valence-electron chi connectivity index (χ1n) is 10.2. The van der Waals surface area contributed by atoms with E-state index in [1.165, 1.54) is 15.9 Å². The zero-order valence-electron chi connectivity index (χ0n) is 17.0. The molecule has 8 heteroatoms. The lowest BCUT2D eigenvalue weighted by molar-refractivity contribution is 0.0852. The van der Waals surface area contributed by atoms with E-state index in [9.17, 15) is 4.79 Å². The second kappa shape index (κ2) is 8.39. The van der Waals surface area contributed by atoms with Crippen molar-refractivity contribution in [2.75, 3.05) is 13.2 Å². The van der Waals surface area contributed by atoms with Gasteiger partial charge in [-0.2, -0.15) is 9.50 Å². The summed E-state index contributed by atoms with van der Waals surface area (Å²) in [5.41, 5.74) is 0.653. The van der Waals surface area contributed by atoms with Crippen molar-refractivity contribution in [3.8, 4) is 17.2 Å². The molecule has 0 N–H and O–H groups in total. The Hall–Kier alpha value is -3.39. The van der Waals surface area contributed by atoms with Gasteiger partial charge >= 0.3 is 0 Å². The highest BCUT2D eigenvalue weighted by molar-refractivity contribution is 7.15. The molecule has 0 spiro atoms. The van der Waals surface area contributed by atoms with Crippen LogP contribution in [0.2, 0.25) is 0 Å². The highest BCUT2D eigenvalue weighted by Gasteiger charge is 2.27. The smallest absolute Gasteiger partial charge is 0.291 e. The molecule has 1 unspecified atom stereocenters. The Balaban J connectivity index is 1.44. The van der Waals surface area contributed by atoms with Crippen LogP contribution < -0.4 is 24.3 Å². The summed E-state index contributed by atoms with van der Waals surface area (Å²) < 4.78 is 19.5. The second-order valence-corrected chi connectivity index (χ2v) is 8.19. The average Bonchev–Trinajstić information content (AvgIpc) is 3.34. The molecule has 31 heavy (non-hydrogen) atoms. The van der Waals surface area contributed by atoms with Gasteiger partial charge in [-0.25, -0.2) is 0 Å². The van der Waals surface area contributed by atoms with E-state index in [0.29, 0.717) is 40.0 Å². The summed E-state index contributed by atoms with van der Waals surface area (Å²) in [5, 5.41) is 4.40. The van der Waals surface area contributed by atoms with Gasteiger partial charge in [0, 0.05) is 5.56 Å². The number of benzene rings is 2. The minimum absolute atomic E-state index is 0.209. The van der Waals surface area contributed by atoms with E-state index >= 15 is 0 Å². The molecule has 1 atom stereocenters. The third-order valence-corrected chi connectivity index (χ3v) is 5.92. The fraction of sp³-hybridized carbons (Fsp3) is 0.261.